The molecule has 144 valence electrons. The summed E-state index contributed by atoms with van der Waals surface area (Å²) in [5.74, 6) is 0.723. The highest BCUT2D eigenvalue weighted by molar-refractivity contribution is 8.00. The largest absolute Gasteiger partial charge is 0.496 e. The van der Waals surface area contributed by atoms with E-state index in [0.29, 0.717) is 16.7 Å². The fourth-order valence-corrected chi connectivity index (χ4v) is 5.36. The summed E-state index contributed by atoms with van der Waals surface area (Å²) in [4.78, 5) is 17.0. The molecule has 0 aliphatic carbocycles. The Balaban J connectivity index is 1.49. The van der Waals surface area contributed by atoms with Gasteiger partial charge in [0, 0.05) is 28.8 Å². The number of nitrogens with one attached hydrogen (secondary N) is 1. The fourth-order valence-electron chi connectivity index (χ4n) is 3.30. The van der Waals surface area contributed by atoms with Gasteiger partial charge in [-0.05, 0) is 30.3 Å². The summed E-state index contributed by atoms with van der Waals surface area (Å²) >= 11 is 3.44. The van der Waals surface area contributed by atoms with Gasteiger partial charge in [0.05, 0.1) is 22.7 Å². The number of anilines is 2. The number of carbonyl (C=O) groups is 1. The summed E-state index contributed by atoms with van der Waals surface area (Å²) in [7, 11) is 1.64. The van der Waals surface area contributed by atoms with Gasteiger partial charge >= 0.3 is 0 Å². The van der Waals surface area contributed by atoms with Crippen LogP contribution in [0.4, 0.5) is 10.7 Å². The van der Waals surface area contributed by atoms with E-state index < -0.39 is 0 Å². The Labute approximate surface area is 173 Å². The van der Waals surface area contributed by atoms with Crippen molar-refractivity contribution in [2.75, 3.05) is 18.6 Å². The Morgan fingerprint density at radius 2 is 1.93 bits per heavy atom. The lowest BCUT2D eigenvalue weighted by atomic mass is 10.2. The molecule has 0 unspecified atom stereocenters. The molecule has 1 amide bonds. The molecule has 3 aromatic rings. The van der Waals surface area contributed by atoms with Crippen LogP contribution < -0.4 is 15.0 Å². The highest BCUT2D eigenvalue weighted by atomic mass is 32.2. The zero-order valence-electron chi connectivity index (χ0n) is 15.8. The van der Waals surface area contributed by atoms with Crippen LogP contribution in [0.5, 0.6) is 5.75 Å². The summed E-state index contributed by atoms with van der Waals surface area (Å²) in [6.07, 6.45) is 0. The van der Waals surface area contributed by atoms with Crippen molar-refractivity contribution in [3.8, 4) is 5.75 Å². The Morgan fingerprint density at radius 3 is 2.79 bits per heavy atom. The quantitative estimate of drug-likeness (QED) is 0.618. The number of para-hydroxylation sites is 2. The lowest BCUT2D eigenvalue weighted by Gasteiger charge is -2.33. The van der Waals surface area contributed by atoms with E-state index in [1.165, 1.54) is 21.9 Å². The fraction of sp³-hybridized carbons (Fsp3) is 0.227. The van der Waals surface area contributed by atoms with Crippen LogP contribution in [-0.4, -0.2) is 24.8 Å². The number of methoxy groups -OCH3 is 1. The van der Waals surface area contributed by atoms with E-state index >= 15 is 0 Å². The summed E-state index contributed by atoms with van der Waals surface area (Å²) in [5, 5.41) is 4.60. The standard InChI is InChI=1S/C22H22N2O2S2/c1-15-14-24(17-8-4-6-10-19(17)27-15)21-12-11-20(28-21)22(25)23-13-16-7-3-5-9-18(16)26-2/h3-12,15H,13-14H2,1-2H3,(H,23,25)/t15-/m1/s1. The van der Waals surface area contributed by atoms with Gasteiger partial charge in [-0.3, -0.25) is 4.79 Å². The first kappa shape index (κ1) is 18.9. The number of ether oxygens (including phenoxy) is 1. The van der Waals surface area contributed by atoms with E-state index in [1.807, 2.05) is 48.2 Å². The normalized spacial score (nSPS) is 15.8. The molecule has 0 radical (unpaired) electrons. The van der Waals surface area contributed by atoms with Crippen LogP contribution >= 0.6 is 23.1 Å². The molecule has 0 saturated carbocycles. The number of benzene rings is 2. The Hall–Kier alpha value is -2.44. The van der Waals surface area contributed by atoms with E-state index in [9.17, 15) is 4.79 Å². The molecular weight excluding hydrogens is 388 g/mol. The molecule has 0 fully saturated rings. The van der Waals surface area contributed by atoms with Gasteiger partial charge < -0.3 is 15.0 Å². The van der Waals surface area contributed by atoms with Crippen LogP contribution in [0.2, 0.25) is 0 Å². The lowest BCUT2D eigenvalue weighted by Crippen LogP contribution is -2.28. The van der Waals surface area contributed by atoms with Gasteiger partial charge in [0.15, 0.2) is 0 Å². The molecule has 1 aliphatic rings. The summed E-state index contributed by atoms with van der Waals surface area (Å²) in [6, 6.07) is 20.1. The van der Waals surface area contributed by atoms with Gasteiger partial charge in [-0.15, -0.1) is 23.1 Å². The minimum Gasteiger partial charge on any atom is -0.496 e. The maximum atomic E-state index is 12.7. The second kappa shape index (κ2) is 8.29. The summed E-state index contributed by atoms with van der Waals surface area (Å²) in [6.45, 7) is 3.61. The Bertz CT molecular complexity index is 986. The molecule has 0 spiro atoms. The maximum absolute atomic E-state index is 12.7. The van der Waals surface area contributed by atoms with E-state index in [-0.39, 0.29) is 5.91 Å². The molecule has 1 atom stereocenters. The SMILES string of the molecule is COc1ccccc1CNC(=O)c1ccc(N2C[C@@H](C)Sc3ccccc32)s1. The van der Waals surface area contributed by atoms with E-state index in [4.69, 9.17) is 4.74 Å². The van der Waals surface area contributed by atoms with Crippen molar-refractivity contribution in [3.05, 3.63) is 71.1 Å². The van der Waals surface area contributed by atoms with Crippen LogP contribution in [0.3, 0.4) is 0 Å². The molecule has 0 bridgehead atoms. The van der Waals surface area contributed by atoms with E-state index in [2.05, 4.69) is 41.4 Å². The highest BCUT2D eigenvalue weighted by Gasteiger charge is 2.24. The monoisotopic (exact) mass is 410 g/mol. The highest BCUT2D eigenvalue weighted by Crippen LogP contribution is 2.43. The number of fused-ring (bicyclic) bond motifs is 1. The van der Waals surface area contributed by atoms with Crippen molar-refractivity contribution < 1.29 is 9.53 Å². The van der Waals surface area contributed by atoms with Gasteiger partial charge in [0.25, 0.3) is 5.91 Å². The smallest absolute Gasteiger partial charge is 0.261 e. The number of nitrogens with zero attached hydrogens (tertiary/aromatic N) is 1. The van der Waals surface area contributed by atoms with E-state index in [1.54, 1.807) is 7.11 Å². The molecule has 0 saturated heterocycles. The van der Waals surface area contributed by atoms with Gasteiger partial charge in [0.1, 0.15) is 5.75 Å². The molecule has 4 rings (SSSR count). The summed E-state index contributed by atoms with van der Waals surface area (Å²) < 4.78 is 5.35. The number of rotatable bonds is 5. The topological polar surface area (TPSA) is 41.6 Å². The van der Waals surface area contributed by atoms with Crippen LogP contribution in [-0.2, 0) is 6.54 Å². The lowest BCUT2D eigenvalue weighted by molar-refractivity contribution is 0.0954. The zero-order valence-corrected chi connectivity index (χ0v) is 17.5. The van der Waals surface area contributed by atoms with Crippen molar-refractivity contribution >= 4 is 39.7 Å². The van der Waals surface area contributed by atoms with Crippen LogP contribution in [0.15, 0.2) is 65.6 Å². The van der Waals surface area contributed by atoms with Gasteiger partial charge in [0.2, 0.25) is 0 Å². The van der Waals surface area contributed by atoms with Gasteiger partial charge in [-0.25, -0.2) is 0 Å². The second-order valence-corrected chi connectivity index (χ2v) is 9.18. The van der Waals surface area contributed by atoms with Gasteiger partial charge in [-0.1, -0.05) is 37.3 Å². The molecular formula is C22H22N2O2S2. The second-order valence-electron chi connectivity index (χ2n) is 6.64. The zero-order chi connectivity index (χ0) is 19.5. The van der Waals surface area contributed by atoms with Gasteiger partial charge in [-0.2, -0.15) is 0 Å². The molecule has 28 heavy (non-hydrogen) atoms. The number of thiophene rings is 1. The third-order valence-corrected chi connectivity index (χ3v) is 6.90. The van der Waals surface area contributed by atoms with Crippen molar-refractivity contribution in [3.63, 3.8) is 0 Å². The molecule has 1 N–H and O–H groups in total. The number of amides is 1. The Kier molecular flexibility index (Phi) is 5.59. The molecule has 1 aromatic heterocycles. The van der Waals surface area contributed by atoms with Crippen molar-refractivity contribution in [1.82, 2.24) is 5.32 Å². The number of thioether (sulfide) groups is 1. The number of hydrogen-bond acceptors (Lipinski definition) is 5. The van der Waals surface area contributed by atoms with Crippen LogP contribution in [0.1, 0.15) is 22.2 Å². The first-order chi connectivity index (χ1) is 13.7. The van der Waals surface area contributed by atoms with Crippen LogP contribution in [0.25, 0.3) is 0 Å². The maximum Gasteiger partial charge on any atom is 0.261 e. The number of carbonyl (C=O) groups excluding carboxylic acids is 1. The Morgan fingerprint density at radius 1 is 1.14 bits per heavy atom. The predicted molar refractivity (Wildman–Crippen MR) is 117 cm³/mol. The molecule has 4 nitrogen and oxygen atoms in total. The first-order valence-electron chi connectivity index (χ1n) is 9.19. The minimum absolute atomic E-state index is 0.0603. The predicted octanol–water partition coefficient (Wildman–Crippen LogP) is 5.32. The number of hydrogen-bond donors (Lipinski definition) is 1. The third kappa shape index (κ3) is 3.88. The minimum atomic E-state index is -0.0603. The molecule has 2 aromatic carbocycles. The molecule has 1 aliphatic heterocycles. The first-order valence-corrected chi connectivity index (χ1v) is 10.9. The van der Waals surface area contributed by atoms with Crippen LogP contribution in [0, 0.1) is 0 Å². The van der Waals surface area contributed by atoms with Crippen molar-refractivity contribution in [1.29, 1.82) is 0 Å². The average Bonchev–Trinajstić information content (AvgIpc) is 3.21. The average molecular weight is 411 g/mol. The third-order valence-electron chi connectivity index (χ3n) is 4.64. The molecule has 6 heteroatoms. The molecule has 2 heterocycles. The van der Waals surface area contributed by atoms with Crippen molar-refractivity contribution in [2.45, 2.75) is 23.6 Å². The van der Waals surface area contributed by atoms with Crippen molar-refractivity contribution in [2.24, 2.45) is 0 Å². The summed E-state index contributed by atoms with van der Waals surface area (Å²) in [5.41, 5.74) is 2.18. The van der Waals surface area contributed by atoms with E-state index in [0.717, 1.165) is 22.9 Å².